The van der Waals surface area contributed by atoms with Crippen LogP contribution in [-0.2, 0) is 9.47 Å². The fourth-order valence-electron chi connectivity index (χ4n) is 6.32. The first-order valence-corrected chi connectivity index (χ1v) is 8.19. The highest BCUT2D eigenvalue weighted by Gasteiger charge is 2.68. The lowest BCUT2D eigenvalue weighted by Gasteiger charge is -2.50. The van der Waals surface area contributed by atoms with Crippen LogP contribution >= 0.6 is 0 Å². The molecular formula is C19H22O2. The van der Waals surface area contributed by atoms with Gasteiger partial charge < -0.3 is 9.47 Å². The molecule has 2 fully saturated rings. The fourth-order valence-corrected chi connectivity index (χ4v) is 6.32. The molecule has 0 aliphatic heterocycles. The molecule has 0 saturated heterocycles. The second kappa shape index (κ2) is 3.99. The van der Waals surface area contributed by atoms with Gasteiger partial charge in [-0.2, -0.15) is 0 Å². The Morgan fingerprint density at radius 3 is 1.76 bits per heavy atom. The van der Waals surface area contributed by atoms with Crippen molar-refractivity contribution in [2.75, 3.05) is 14.2 Å². The summed E-state index contributed by atoms with van der Waals surface area (Å²) in [7, 11) is 3.64. The molecule has 1 aromatic rings. The third kappa shape index (κ3) is 1.24. The summed E-state index contributed by atoms with van der Waals surface area (Å²) >= 11 is 0. The molecule has 2 saturated carbocycles. The topological polar surface area (TPSA) is 18.5 Å². The van der Waals surface area contributed by atoms with E-state index in [2.05, 4.69) is 36.4 Å². The van der Waals surface area contributed by atoms with Gasteiger partial charge in [0.15, 0.2) is 5.79 Å². The molecule has 21 heavy (non-hydrogen) atoms. The molecule has 2 heteroatoms. The molecule has 0 unspecified atom stereocenters. The minimum absolute atomic E-state index is 0.405. The van der Waals surface area contributed by atoms with Gasteiger partial charge in [-0.3, -0.25) is 0 Å². The quantitative estimate of drug-likeness (QED) is 0.608. The number of rotatable bonds is 2. The molecule has 6 atom stereocenters. The number of fused-ring (bicyclic) bond motifs is 3. The summed E-state index contributed by atoms with van der Waals surface area (Å²) in [5.74, 6) is 3.23. The van der Waals surface area contributed by atoms with Crippen molar-refractivity contribution in [1.82, 2.24) is 0 Å². The Morgan fingerprint density at radius 2 is 1.33 bits per heavy atom. The number of benzene rings is 1. The van der Waals surface area contributed by atoms with E-state index in [-0.39, 0.29) is 0 Å². The minimum atomic E-state index is -0.405. The maximum Gasteiger partial charge on any atom is 0.180 e. The lowest BCUT2D eigenvalue weighted by Crippen LogP contribution is -2.41. The molecule has 4 bridgehead atoms. The largest absolute Gasteiger partial charge is 0.352 e. The molecule has 6 rings (SSSR count). The minimum Gasteiger partial charge on any atom is -0.352 e. The van der Waals surface area contributed by atoms with Crippen LogP contribution in [0.1, 0.15) is 35.8 Å². The summed E-state index contributed by atoms with van der Waals surface area (Å²) in [6, 6.07) is 9.13. The average molecular weight is 282 g/mol. The van der Waals surface area contributed by atoms with E-state index in [1.807, 2.05) is 14.2 Å². The standard InChI is InChI=1S/C19H22O2/c1-20-19(21-2)15-9-10-16(19)18-14-8-7-13(17(15)18)11-5-3-4-6-12(11)14/h3-6,9-10,13-18H,7-8H2,1-2H3/t13-,14-,15+,16+,17-,18-/m1/s1. The van der Waals surface area contributed by atoms with Crippen molar-refractivity contribution < 1.29 is 9.47 Å². The summed E-state index contributed by atoms with van der Waals surface area (Å²) in [6.45, 7) is 0. The van der Waals surface area contributed by atoms with Crippen LogP contribution in [0.3, 0.4) is 0 Å². The summed E-state index contributed by atoms with van der Waals surface area (Å²) < 4.78 is 11.9. The Balaban J connectivity index is 1.69. The highest BCUT2D eigenvalue weighted by Crippen LogP contribution is 2.70. The van der Waals surface area contributed by atoms with Crippen LogP contribution in [0.15, 0.2) is 36.4 Å². The Hall–Kier alpha value is -1.12. The average Bonchev–Trinajstić information content (AvgIpc) is 3.07. The van der Waals surface area contributed by atoms with E-state index in [4.69, 9.17) is 9.47 Å². The van der Waals surface area contributed by atoms with Crippen LogP contribution in [0.5, 0.6) is 0 Å². The SMILES string of the molecule is COC1(OC)[C@H]2C=C[C@H]1[C@@H]1[C@@H]2[C@@H]2CC[C@@H]1c1ccccc12. The van der Waals surface area contributed by atoms with Gasteiger partial charge in [-0.1, -0.05) is 36.4 Å². The van der Waals surface area contributed by atoms with Crippen LogP contribution in [-0.4, -0.2) is 20.0 Å². The second-order valence-corrected chi connectivity index (χ2v) is 7.14. The number of hydrogen-bond acceptors (Lipinski definition) is 2. The van der Waals surface area contributed by atoms with E-state index in [9.17, 15) is 0 Å². The molecule has 0 N–H and O–H groups in total. The molecule has 0 amide bonds. The predicted octanol–water partition coefficient (Wildman–Crippen LogP) is 3.70. The van der Waals surface area contributed by atoms with Crippen LogP contribution in [0.4, 0.5) is 0 Å². The Labute approximate surface area is 126 Å². The molecule has 0 radical (unpaired) electrons. The zero-order chi connectivity index (χ0) is 14.2. The zero-order valence-electron chi connectivity index (χ0n) is 12.7. The van der Waals surface area contributed by atoms with Crippen molar-refractivity contribution in [2.45, 2.75) is 30.5 Å². The van der Waals surface area contributed by atoms with E-state index in [0.29, 0.717) is 35.5 Å². The van der Waals surface area contributed by atoms with E-state index in [1.54, 1.807) is 11.1 Å². The molecule has 2 nitrogen and oxygen atoms in total. The highest BCUT2D eigenvalue weighted by atomic mass is 16.7. The maximum atomic E-state index is 5.97. The molecule has 0 aromatic heterocycles. The number of hydrogen-bond donors (Lipinski definition) is 0. The third-order valence-electron chi connectivity index (χ3n) is 6.88. The van der Waals surface area contributed by atoms with E-state index < -0.39 is 5.79 Å². The first-order chi connectivity index (χ1) is 10.3. The van der Waals surface area contributed by atoms with E-state index in [0.717, 1.165) is 0 Å². The smallest absolute Gasteiger partial charge is 0.180 e. The third-order valence-corrected chi connectivity index (χ3v) is 6.88. The summed E-state index contributed by atoms with van der Waals surface area (Å²) in [5.41, 5.74) is 3.22. The summed E-state index contributed by atoms with van der Waals surface area (Å²) in [6.07, 6.45) is 7.43. The molecule has 0 heterocycles. The molecule has 5 aliphatic rings. The Bertz CT molecular complexity index is 567. The van der Waals surface area contributed by atoms with E-state index in [1.165, 1.54) is 12.8 Å². The first kappa shape index (κ1) is 12.4. The molecule has 5 aliphatic carbocycles. The Morgan fingerprint density at radius 1 is 0.857 bits per heavy atom. The lowest BCUT2D eigenvalue weighted by molar-refractivity contribution is -0.234. The summed E-state index contributed by atoms with van der Waals surface area (Å²) in [4.78, 5) is 0. The number of ether oxygens (including phenoxy) is 2. The normalized spacial score (nSPS) is 43.9. The molecular weight excluding hydrogens is 260 g/mol. The molecule has 110 valence electrons. The second-order valence-electron chi connectivity index (χ2n) is 7.14. The Kier molecular flexibility index (Phi) is 2.36. The van der Waals surface area contributed by atoms with Gasteiger partial charge in [-0.05, 0) is 47.6 Å². The van der Waals surface area contributed by atoms with E-state index >= 15 is 0 Å². The van der Waals surface area contributed by atoms with Gasteiger partial charge >= 0.3 is 0 Å². The van der Waals surface area contributed by atoms with Crippen LogP contribution in [0, 0.1) is 23.7 Å². The van der Waals surface area contributed by atoms with Crippen molar-refractivity contribution in [1.29, 1.82) is 0 Å². The highest BCUT2D eigenvalue weighted by molar-refractivity contribution is 5.44. The van der Waals surface area contributed by atoms with Gasteiger partial charge in [0.1, 0.15) is 0 Å². The predicted molar refractivity (Wildman–Crippen MR) is 81.0 cm³/mol. The van der Waals surface area contributed by atoms with Crippen molar-refractivity contribution in [3.8, 4) is 0 Å². The van der Waals surface area contributed by atoms with Gasteiger partial charge in [-0.15, -0.1) is 0 Å². The zero-order valence-corrected chi connectivity index (χ0v) is 12.7. The monoisotopic (exact) mass is 282 g/mol. The van der Waals surface area contributed by atoms with Crippen molar-refractivity contribution in [3.63, 3.8) is 0 Å². The number of methoxy groups -OCH3 is 2. The molecule has 0 spiro atoms. The fraction of sp³-hybridized carbons (Fsp3) is 0.579. The van der Waals surface area contributed by atoms with Crippen LogP contribution in [0.25, 0.3) is 0 Å². The molecule has 1 aromatic carbocycles. The van der Waals surface area contributed by atoms with Gasteiger partial charge in [0.2, 0.25) is 0 Å². The van der Waals surface area contributed by atoms with Crippen molar-refractivity contribution in [3.05, 3.63) is 47.5 Å². The van der Waals surface area contributed by atoms with Crippen LogP contribution in [0.2, 0.25) is 0 Å². The van der Waals surface area contributed by atoms with Crippen molar-refractivity contribution >= 4 is 0 Å². The lowest BCUT2D eigenvalue weighted by atomic mass is 9.54. The van der Waals surface area contributed by atoms with Gasteiger partial charge in [-0.25, -0.2) is 0 Å². The maximum absolute atomic E-state index is 5.97. The van der Waals surface area contributed by atoms with Crippen molar-refractivity contribution in [2.24, 2.45) is 23.7 Å². The van der Waals surface area contributed by atoms with Gasteiger partial charge in [0.05, 0.1) is 0 Å². The van der Waals surface area contributed by atoms with Crippen LogP contribution < -0.4 is 0 Å². The first-order valence-electron chi connectivity index (χ1n) is 8.19. The van der Waals surface area contributed by atoms with Gasteiger partial charge in [0.25, 0.3) is 0 Å². The summed E-state index contributed by atoms with van der Waals surface area (Å²) in [5, 5.41) is 0. The van der Waals surface area contributed by atoms with Gasteiger partial charge in [0, 0.05) is 26.1 Å².